The van der Waals surface area contributed by atoms with Crippen molar-refractivity contribution in [2.45, 2.75) is 6.92 Å². The molecule has 0 saturated heterocycles. The summed E-state index contributed by atoms with van der Waals surface area (Å²) < 4.78 is 1.87. The molecule has 0 aliphatic carbocycles. The number of aryl methyl sites for hydroxylation is 1. The molecule has 0 bridgehead atoms. The number of rotatable bonds is 3. The van der Waals surface area contributed by atoms with Crippen LogP contribution in [0.5, 0.6) is 0 Å². The molecular formula is C18H15ClN6O. The van der Waals surface area contributed by atoms with Crippen LogP contribution in [0.4, 0.5) is 5.95 Å². The first kappa shape index (κ1) is 16.3. The summed E-state index contributed by atoms with van der Waals surface area (Å²) in [6.45, 7) is 1.74. The number of hydrazone groups is 1. The Morgan fingerprint density at radius 1 is 1.12 bits per heavy atom. The number of benzene rings is 2. The van der Waals surface area contributed by atoms with Crippen molar-refractivity contribution >= 4 is 29.2 Å². The molecule has 0 radical (unpaired) electrons. The molecule has 0 spiro atoms. The van der Waals surface area contributed by atoms with E-state index in [-0.39, 0.29) is 6.54 Å². The normalized spacial score (nSPS) is 12.8. The van der Waals surface area contributed by atoms with Gasteiger partial charge in [0, 0.05) is 16.1 Å². The van der Waals surface area contributed by atoms with Crippen LogP contribution in [0.2, 0.25) is 5.02 Å². The van der Waals surface area contributed by atoms with E-state index in [1.165, 1.54) is 5.01 Å². The highest BCUT2D eigenvalue weighted by atomic mass is 35.5. The van der Waals surface area contributed by atoms with Gasteiger partial charge in [-0.1, -0.05) is 41.9 Å². The van der Waals surface area contributed by atoms with Crippen LogP contribution in [-0.4, -0.2) is 32.9 Å². The van der Waals surface area contributed by atoms with E-state index in [1.54, 1.807) is 12.1 Å². The molecule has 0 atom stereocenters. The van der Waals surface area contributed by atoms with Crippen molar-refractivity contribution in [3.8, 4) is 5.69 Å². The number of carbonyl (C=O) groups is 1. The Bertz CT molecular complexity index is 1020. The van der Waals surface area contributed by atoms with Gasteiger partial charge in [-0.25, -0.2) is 5.01 Å². The van der Waals surface area contributed by atoms with E-state index in [9.17, 15) is 4.79 Å². The predicted molar refractivity (Wildman–Crippen MR) is 99.7 cm³/mol. The van der Waals surface area contributed by atoms with Gasteiger partial charge in [0.1, 0.15) is 18.1 Å². The molecule has 130 valence electrons. The van der Waals surface area contributed by atoms with Gasteiger partial charge in [-0.2, -0.15) is 5.10 Å². The van der Waals surface area contributed by atoms with E-state index in [1.807, 2.05) is 47.9 Å². The van der Waals surface area contributed by atoms with Gasteiger partial charge >= 0.3 is 0 Å². The number of para-hydroxylation sites is 1. The van der Waals surface area contributed by atoms with E-state index < -0.39 is 5.91 Å². The van der Waals surface area contributed by atoms with Crippen molar-refractivity contribution in [3.05, 3.63) is 70.5 Å². The molecule has 26 heavy (non-hydrogen) atoms. The van der Waals surface area contributed by atoms with Gasteiger partial charge in [0.15, 0.2) is 0 Å². The first-order valence-corrected chi connectivity index (χ1v) is 8.34. The largest absolute Gasteiger partial charge is 0.368 e. The summed E-state index contributed by atoms with van der Waals surface area (Å²) in [5.74, 6) is 0.620. The molecular weight excluding hydrogens is 352 g/mol. The molecule has 0 unspecified atom stereocenters. The van der Waals surface area contributed by atoms with Gasteiger partial charge in [0.25, 0.3) is 5.95 Å². The summed E-state index contributed by atoms with van der Waals surface area (Å²) in [5.41, 5.74) is 8.76. The Morgan fingerprint density at radius 3 is 2.58 bits per heavy atom. The Morgan fingerprint density at radius 2 is 1.85 bits per heavy atom. The van der Waals surface area contributed by atoms with Crippen molar-refractivity contribution in [3.63, 3.8) is 0 Å². The molecule has 2 aromatic carbocycles. The van der Waals surface area contributed by atoms with Crippen molar-refractivity contribution in [2.75, 3.05) is 11.6 Å². The topological polar surface area (TPSA) is 89.4 Å². The zero-order valence-corrected chi connectivity index (χ0v) is 14.7. The third-order valence-electron chi connectivity index (χ3n) is 4.08. The maximum Gasteiger partial charge on any atom is 0.252 e. The molecule has 2 N–H and O–H groups in total. The number of hydrogen-bond acceptors (Lipinski definition) is 5. The Labute approximate surface area is 154 Å². The zero-order valence-electron chi connectivity index (χ0n) is 13.9. The second-order valence-corrected chi connectivity index (χ2v) is 6.32. The molecule has 7 nitrogen and oxygen atoms in total. The molecule has 0 saturated carbocycles. The van der Waals surface area contributed by atoms with Crippen LogP contribution in [0.15, 0.2) is 53.6 Å². The Balaban J connectivity index is 1.99. The molecule has 0 fully saturated rings. The number of amides is 1. The van der Waals surface area contributed by atoms with Gasteiger partial charge in [-0.05, 0) is 25.1 Å². The van der Waals surface area contributed by atoms with Gasteiger partial charge in [0.05, 0.1) is 5.69 Å². The van der Waals surface area contributed by atoms with Gasteiger partial charge < -0.3 is 5.73 Å². The van der Waals surface area contributed by atoms with E-state index in [0.29, 0.717) is 22.5 Å². The van der Waals surface area contributed by atoms with Crippen LogP contribution < -0.4 is 10.7 Å². The Hall–Kier alpha value is -3.19. The lowest BCUT2D eigenvalue weighted by Gasteiger charge is -2.15. The smallest absolute Gasteiger partial charge is 0.252 e. The SMILES string of the molecule is Cc1nnc2n1-c1ccccc1C(c1ccc(Cl)cc1)=NN2CC(N)=O. The molecule has 1 aliphatic rings. The first-order chi connectivity index (χ1) is 12.5. The second kappa shape index (κ2) is 6.27. The number of nitrogens with zero attached hydrogens (tertiary/aromatic N) is 5. The number of fused-ring (bicyclic) bond motifs is 3. The van der Waals surface area contributed by atoms with Gasteiger partial charge in [0.2, 0.25) is 5.91 Å². The summed E-state index contributed by atoms with van der Waals surface area (Å²) in [6, 6.07) is 15.2. The quantitative estimate of drug-likeness (QED) is 0.770. The molecule has 3 aromatic rings. The molecule has 1 aliphatic heterocycles. The number of anilines is 1. The van der Waals surface area contributed by atoms with Crippen LogP contribution in [-0.2, 0) is 4.79 Å². The molecule has 8 heteroatoms. The minimum absolute atomic E-state index is 0.108. The fraction of sp³-hybridized carbons (Fsp3) is 0.111. The second-order valence-electron chi connectivity index (χ2n) is 5.88. The minimum Gasteiger partial charge on any atom is -0.368 e. The number of carbonyl (C=O) groups excluding carboxylic acids is 1. The van der Waals surface area contributed by atoms with Crippen molar-refractivity contribution in [1.82, 2.24) is 14.8 Å². The lowest BCUT2D eigenvalue weighted by Crippen LogP contribution is -2.32. The predicted octanol–water partition coefficient (Wildman–Crippen LogP) is 2.29. The lowest BCUT2D eigenvalue weighted by molar-refractivity contribution is -0.116. The van der Waals surface area contributed by atoms with Crippen LogP contribution in [0, 0.1) is 6.92 Å². The Kier molecular flexibility index (Phi) is 3.93. The first-order valence-electron chi connectivity index (χ1n) is 7.97. The van der Waals surface area contributed by atoms with Gasteiger partial charge in [-0.3, -0.25) is 9.36 Å². The summed E-state index contributed by atoms with van der Waals surface area (Å²) in [6.07, 6.45) is 0. The van der Waals surface area contributed by atoms with Crippen molar-refractivity contribution in [2.24, 2.45) is 10.8 Å². The summed E-state index contributed by atoms with van der Waals surface area (Å²) in [7, 11) is 0. The van der Waals surface area contributed by atoms with Crippen LogP contribution in [0.1, 0.15) is 17.0 Å². The van der Waals surface area contributed by atoms with E-state index >= 15 is 0 Å². The fourth-order valence-corrected chi connectivity index (χ4v) is 3.09. The summed E-state index contributed by atoms with van der Waals surface area (Å²) in [4.78, 5) is 11.6. The molecule has 4 rings (SSSR count). The van der Waals surface area contributed by atoms with Crippen molar-refractivity contribution in [1.29, 1.82) is 0 Å². The monoisotopic (exact) mass is 366 g/mol. The molecule has 2 heterocycles. The maximum absolute atomic E-state index is 11.6. The van der Waals surface area contributed by atoms with Crippen molar-refractivity contribution < 1.29 is 4.79 Å². The zero-order chi connectivity index (χ0) is 18.3. The number of hydrogen-bond donors (Lipinski definition) is 1. The van der Waals surface area contributed by atoms with Crippen LogP contribution in [0.3, 0.4) is 0 Å². The average Bonchev–Trinajstić information content (AvgIpc) is 2.94. The van der Waals surface area contributed by atoms with E-state index in [2.05, 4.69) is 10.2 Å². The van der Waals surface area contributed by atoms with Crippen LogP contribution in [0.25, 0.3) is 5.69 Å². The number of nitrogens with two attached hydrogens (primary N) is 1. The third kappa shape index (κ3) is 2.72. The third-order valence-corrected chi connectivity index (χ3v) is 4.33. The highest BCUT2D eigenvalue weighted by molar-refractivity contribution is 6.30. The number of aromatic nitrogens is 3. The highest BCUT2D eigenvalue weighted by Crippen LogP contribution is 2.29. The van der Waals surface area contributed by atoms with E-state index in [0.717, 1.165) is 16.8 Å². The average molecular weight is 367 g/mol. The highest BCUT2D eigenvalue weighted by Gasteiger charge is 2.26. The molecule has 1 amide bonds. The maximum atomic E-state index is 11.6. The van der Waals surface area contributed by atoms with E-state index in [4.69, 9.17) is 22.4 Å². The number of halogens is 1. The fourth-order valence-electron chi connectivity index (χ4n) is 2.96. The minimum atomic E-state index is -0.512. The van der Waals surface area contributed by atoms with Crippen LogP contribution >= 0.6 is 11.6 Å². The summed E-state index contributed by atoms with van der Waals surface area (Å²) in [5, 5.41) is 15.1. The number of primary amides is 1. The lowest BCUT2D eigenvalue weighted by atomic mass is 10.0. The summed E-state index contributed by atoms with van der Waals surface area (Å²) >= 11 is 6.02. The standard InChI is InChI=1S/C18H15ClN6O/c1-11-21-22-18-24(10-16(20)26)23-17(12-6-8-13(19)9-7-12)14-4-2-3-5-15(14)25(11)18/h2-9H,10H2,1H3,(H2,20,26). The molecule has 1 aromatic heterocycles. The van der Waals surface area contributed by atoms with Gasteiger partial charge in [-0.15, -0.1) is 10.2 Å².